The molecule has 1 saturated heterocycles. The third kappa shape index (κ3) is 2.96. The molecule has 6 heteroatoms. The van der Waals surface area contributed by atoms with Crippen LogP contribution in [0.15, 0.2) is 5.38 Å². The number of nitrogens with zero attached hydrogens (tertiary/aromatic N) is 3. The fourth-order valence-electron chi connectivity index (χ4n) is 2.83. The summed E-state index contributed by atoms with van der Waals surface area (Å²) in [5, 5.41) is 5.60. The molecular formula is C14H24N4OS. The topological polar surface area (TPSA) is 48.5 Å². The molecule has 0 bridgehead atoms. The van der Waals surface area contributed by atoms with Gasteiger partial charge in [-0.15, -0.1) is 11.3 Å². The Kier molecular flexibility index (Phi) is 4.65. The number of carbonyl (C=O) groups excluding carboxylic acids is 1. The van der Waals surface area contributed by atoms with Crippen LogP contribution in [0.25, 0.3) is 0 Å². The van der Waals surface area contributed by atoms with Crippen LogP contribution in [0.5, 0.6) is 0 Å². The third-order valence-corrected chi connectivity index (χ3v) is 4.94. The number of aromatic nitrogens is 1. The van der Waals surface area contributed by atoms with E-state index in [4.69, 9.17) is 0 Å². The first-order valence-corrected chi connectivity index (χ1v) is 7.91. The van der Waals surface area contributed by atoms with Gasteiger partial charge >= 0.3 is 0 Å². The molecule has 0 unspecified atom stereocenters. The molecule has 1 aromatic heterocycles. The highest BCUT2D eigenvalue weighted by molar-refractivity contribution is 7.13. The van der Waals surface area contributed by atoms with Crippen molar-refractivity contribution < 1.29 is 4.79 Å². The average Bonchev–Trinajstić information content (AvgIpc) is 3.04. The number of thiazole rings is 1. The molecule has 112 valence electrons. The van der Waals surface area contributed by atoms with Gasteiger partial charge in [0, 0.05) is 31.6 Å². The quantitative estimate of drug-likeness (QED) is 0.921. The highest BCUT2D eigenvalue weighted by Crippen LogP contribution is 2.28. The van der Waals surface area contributed by atoms with E-state index in [1.165, 1.54) is 11.3 Å². The second-order valence-corrected chi connectivity index (χ2v) is 6.79. The number of amides is 1. The number of likely N-dealkylation sites (tertiary alicyclic amines) is 1. The minimum absolute atomic E-state index is 0.0535. The second kappa shape index (κ2) is 6.10. The number of anilines is 1. The molecule has 2 atom stereocenters. The molecule has 1 aromatic rings. The molecule has 5 nitrogen and oxygen atoms in total. The van der Waals surface area contributed by atoms with E-state index in [1.807, 2.05) is 17.3 Å². The van der Waals surface area contributed by atoms with Crippen LogP contribution in [-0.4, -0.2) is 61.0 Å². The van der Waals surface area contributed by atoms with E-state index in [9.17, 15) is 4.79 Å². The van der Waals surface area contributed by atoms with E-state index in [0.717, 1.165) is 18.2 Å². The average molecular weight is 296 g/mol. The molecule has 2 rings (SSSR count). The van der Waals surface area contributed by atoms with Crippen LogP contribution in [-0.2, 0) is 0 Å². The summed E-state index contributed by atoms with van der Waals surface area (Å²) in [4.78, 5) is 21.0. The van der Waals surface area contributed by atoms with Crippen molar-refractivity contribution in [3.8, 4) is 0 Å². The minimum Gasteiger partial charge on any atom is -0.365 e. The zero-order valence-electron chi connectivity index (χ0n) is 12.9. The lowest BCUT2D eigenvalue weighted by Gasteiger charge is -2.27. The van der Waals surface area contributed by atoms with Crippen LogP contribution in [0.1, 0.15) is 24.3 Å². The lowest BCUT2D eigenvalue weighted by molar-refractivity contribution is 0.0775. The summed E-state index contributed by atoms with van der Waals surface area (Å²) >= 11 is 1.47. The highest BCUT2D eigenvalue weighted by atomic mass is 32.1. The van der Waals surface area contributed by atoms with Crippen molar-refractivity contribution >= 4 is 22.4 Å². The van der Waals surface area contributed by atoms with Gasteiger partial charge in [-0.05, 0) is 25.9 Å². The Hall–Kier alpha value is -1.14. The number of rotatable bonds is 4. The summed E-state index contributed by atoms with van der Waals surface area (Å²) in [6.45, 7) is 6.08. The fourth-order valence-corrected chi connectivity index (χ4v) is 3.47. The Bertz CT molecular complexity index is 455. The van der Waals surface area contributed by atoms with Crippen LogP contribution in [0.3, 0.4) is 0 Å². The number of nitrogens with one attached hydrogen (secondary N) is 1. The molecule has 1 fully saturated rings. The van der Waals surface area contributed by atoms with Gasteiger partial charge in [0.2, 0.25) is 0 Å². The molecule has 1 aliphatic heterocycles. The molecule has 2 heterocycles. The number of likely N-dealkylation sites (N-methyl/N-ethyl adjacent to an activating group) is 1. The summed E-state index contributed by atoms with van der Waals surface area (Å²) in [7, 11) is 6.01. The normalized spacial score (nSPS) is 22.9. The van der Waals surface area contributed by atoms with Crippen LogP contribution in [0.2, 0.25) is 0 Å². The van der Waals surface area contributed by atoms with Gasteiger partial charge in [0.15, 0.2) is 5.13 Å². The maximum Gasteiger partial charge on any atom is 0.273 e. The van der Waals surface area contributed by atoms with Gasteiger partial charge < -0.3 is 15.1 Å². The Balaban J connectivity index is 2.12. The molecule has 0 saturated carbocycles. The molecule has 0 spiro atoms. The zero-order chi connectivity index (χ0) is 14.9. The summed E-state index contributed by atoms with van der Waals surface area (Å²) in [5.74, 6) is 1.15. The smallest absolute Gasteiger partial charge is 0.273 e. The summed E-state index contributed by atoms with van der Waals surface area (Å²) < 4.78 is 0. The molecule has 0 aromatic carbocycles. The van der Waals surface area contributed by atoms with E-state index in [1.54, 1.807) is 0 Å². The number of carbonyl (C=O) groups is 1. The monoisotopic (exact) mass is 296 g/mol. The van der Waals surface area contributed by atoms with Crippen LogP contribution in [0.4, 0.5) is 5.13 Å². The van der Waals surface area contributed by atoms with Crippen molar-refractivity contribution in [3.63, 3.8) is 0 Å². The maximum atomic E-state index is 12.5. The molecule has 20 heavy (non-hydrogen) atoms. The van der Waals surface area contributed by atoms with E-state index in [0.29, 0.717) is 23.6 Å². The maximum absolute atomic E-state index is 12.5. The van der Waals surface area contributed by atoms with E-state index >= 15 is 0 Å². The van der Waals surface area contributed by atoms with Gasteiger partial charge in [0.1, 0.15) is 5.69 Å². The van der Waals surface area contributed by atoms with Crippen molar-refractivity contribution in [1.29, 1.82) is 0 Å². The lowest BCUT2D eigenvalue weighted by atomic mass is 9.91. The predicted molar refractivity (Wildman–Crippen MR) is 83.4 cm³/mol. The second-order valence-electron chi connectivity index (χ2n) is 5.94. The number of hydrogen-bond acceptors (Lipinski definition) is 5. The van der Waals surface area contributed by atoms with E-state index in [-0.39, 0.29) is 5.91 Å². The van der Waals surface area contributed by atoms with Gasteiger partial charge in [0.05, 0.1) is 0 Å². The van der Waals surface area contributed by atoms with E-state index < -0.39 is 0 Å². The van der Waals surface area contributed by atoms with Gasteiger partial charge in [-0.1, -0.05) is 13.8 Å². The Morgan fingerprint density at radius 1 is 1.50 bits per heavy atom. The summed E-state index contributed by atoms with van der Waals surface area (Å²) in [5.41, 5.74) is 0.557. The first-order chi connectivity index (χ1) is 9.43. The molecular weight excluding hydrogens is 272 g/mol. The first-order valence-electron chi connectivity index (χ1n) is 7.03. The summed E-state index contributed by atoms with van der Waals surface area (Å²) in [6, 6.07) is 0.432. The van der Waals surface area contributed by atoms with Crippen LogP contribution >= 0.6 is 11.3 Å². The Morgan fingerprint density at radius 2 is 2.20 bits per heavy atom. The van der Waals surface area contributed by atoms with Gasteiger partial charge in [-0.3, -0.25) is 4.79 Å². The minimum atomic E-state index is 0.0535. The van der Waals surface area contributed by atoms with Gasteiger partial charge in [0.25, 0.3) is 5.91 Å². The van der Waals surface area contributed by atoms with Crippen molar-refractivity contribution in [2.45, 2.75) is 19.9 Å². The zero-order valence-corrected chi connectivity index (χ0v) is 13.7. The summed E-state index contributed by atoms with van der Waals surface area (Å²) in [6.07, 6.45) is 0. The predicted octanol–water partition coefficient (Wildman–Crippen LogP) is 1.84. The number of hydrogen-bond donors (Lipinski definition) is 1. The fraction of sp³-hybridized carbons (Fsp3) is 0.714. The van der Waals surface area contributed by atoms with Gasteiger partial charge in [-0.2, -0.15) is 0 Å². The molecule has 0 aliphatic carbocycles. The Morgan fingerprint density at radius 3 is 2.65 bits per heavy atom. The SMILES string of the molecule is CNc1nc(C(=O)N2C[C@H](C(C)C)[C@@H](N(C)C)C2)cs1. The van der Waals surface area contributed by atoms with Crippen molar-refractivity contribution in [2.24, 2.45) is 11.8 Å². The van der Waals surface area contributed by atoms with Crippen molar-refractivity contribution in [1.82, 2.24) is 14.8 Å². The first kappa shape index (κ1) is 15.3. The molecule has 0 radical (unpaired) electrons. The van der Waals surface area contributed by atoms with Gasteiger partial charge in [-0.25, -0.2) is 4.98 Å². The van der Waals surface area contributed by atoms with Crippen molar-refractivity contribution in [3.05, 3.63) is 11.1 Å². The highest BCUT2D eigenvalue weighted by Gasteiger charge is 2.38. The largest absolute Gasteiger partial charge is 0.365 e. The Labute approximate surface area is 125 Å². The molecule has 1 amide bonds. The molecule has 1 N–H and O–H groups in total. The van der Waals surface area contributed by atoms with Crippen LogP contribution in [0, 0.1) is 11.8 Å². The standard InChI is InChI=1S/C14H24N4OS/c1-9(2)10-6-18(7-12(10)17(4)5)13(19)11-8-20-14(15-3)16-11/h8-10,12H,6-7H2,1-5H3,(H,15,16)/t10-,12+/m1/s1. The van der Waals surface area contributed by atoms with Crippen LogP contribution < -0.4 is 5.32 Å². The molecule has 1 aliphatic rings. The lowest BCUT2D eigenvalue weighted by Crippen LogP contribution is -2.37. The van der Waals surface area contributed by atoms with Crippen molar-refractivity contribution in [2.75, 3.05) is 39.5 Å². The van der Waals surface area contributed by atoms with E-state index in [2.05, 4.69) is 43.1 Å². The third-order valence-electron chi connectivity index (χ3n) is 4.08.